The Hall–Kier alpha value is -2.66. The van der Waals surface area contributed by atoms with Gasteiger partial charge in [0.25, 0.3) is 0 Å². The highest BCUT2D eigenvalue weighted by Gasteiger charge is 2.12. The highest BCUT2D eigenvalue weighted by atomic mass is 16.7. The van der Waals surface area contributed by atoms with Crippen LogP contribution in [-0.4, -0.2) is 69.9 Å². The topological polar surface area (TPSA) is 140 Å². The van der Waals surface area contributed by atoms with Gasteiger partial charge in [-0.3, -0.25) is 9.59 Å². The van der Waals surface area contributed by atoms with E-state index < -0.39 is 11.9 Å². The van der Waals surface area contributed by atoms with E-state index in [2.05, 4.69) is 33.3 Å². The fraction of sp³-hybridized carbons (Fsp3) is 0.529. The van der Waals surface area contributed by atoms with E-state index in [1.807, 2.05) is 11.9 Å². The summed E-state index contributed by atoms with van der Waals surface area (Å²) in [5.41, 5.74) is -0.0229. The molecule has 154 valence electrons. The van der Waals surface area contributed by atoms with Gasteiger partial charge in [-0.05, 0) is 33.0 Å². The molecule has 0 rings (SSSR count). The van der Waals surface area contributed by atoms with Crippen LogP contribution in [0, 0.1) is 0 Å². The van der Waals surface area contributed by atoms with Gasteiger partial charge >= 0.3 is 20.0 Å². The van der Waals surface area contributed by atoms with E-state index in [0.29, 0.717) is 25.9 Å². The molecule has 0 spiro atoms. The fourth-order valence-electron chi connectivity index (χ4n) is 2.09. The number of hydrogen-bond donors (Lipinski definition) is 3. The van der Waals surface area contributed by atoms with Crippen LogP contribution >= 0.6 is 0 Å². The van der Waals surface area contributed by atoms with Gasteiger partial charge in [0.15, 0.2) is 0 Å². The van der Waals surface area contributed by atoms with Gasteiger partial charge in [-0.25, -0.2) is 9.59 Å². The quantitative estimate of drug-likeness (QED) is 0.146. The molecule has 0 aliphatic carbocycles. The Morgan fingerprint density at radius 1 is 0.929 bits per heavy atom. The third kappa shape index (κ3) is 11.9. The summed E-state index contributed by atoms with van der Waals surface area (Å²) in [5, 5.41) is 5.35. The molecule has 0 aliphatic heterocycles. The van der Waals surface area contributed by atoms with Crippen molar-refractivity contribution in [2.24, 2.45) is 5.90 Å². The zero-order valence-electron chi connectivity index (χ0n) is 16.1. The molecule has 11 heteroatoms. The maximum absolute atomic E-state index is 11.6. The second-order valence-electron chi connectivity index (χ2n) is 6.08. The number of carbonyl (C=O) groups is 4. The number of hydrogen-bond acceptors (Lipinski definition) is 8. The summed E-state index contributed by atoms with van der Waals surface area (Å²) in [6.45, 7) is 9.20. The first-order chi connectivity index (χ1) is 13.2. The second kappa shape index (κ2) is 14.4. The van der Waals surface area contributed by atoms with Crippen molar-refractivity contribution in [1.29, 1.82) is 0 Å². The highest BCUT2D eigenvalue weighted by molar-refractivity contribution is 6.10. The lowest BCUT2D eigenvalue weighted by molar-refractivity contribution is -0.140. The minimum atomic E-state index is -0.814. The fourth-order valence-corrected chi connectivity index (χ4v) is 2.09. The zero-order valence-corrected chi connectivity index (χ0v) is 16.1. The first kappa shape index (κ1) is 25.3. The van der Waals surface area contributed by atoms with E-state index in [4.69, 9.17) is 13.9 Å². The second-order valence-corrected chi connectivity index (χ2v) is 6.08. The van der Waals surface area contributed by atoms with E-state index >= 15 is 0 Å². The van der Waals surface area contributed by atoms with Crippen molar-refractivity contribution in [3.8, 4) is 0 Å². The number of carbonyl (C=O) groups excluding carboxylic acids is 4. The van der Waals surface area contributed by atoms with Crippen LogP contribution in [0.5, 0.6) is 0 Å². The minimum Gasteiger partial charge on any atom is -0.540 e. The first-order valence-electron chi connectivity index (χ1n) is 8.60. The van der Waals surface area contributed by atoms with E-state index in [1.54, 1.807) is 0 Å². The van der Waals surface area contributed by atoms with Crippen LogP contribution in [0.4, 0.5) is 0 Å². The minimum absolute atomic E-state index is 0.0114. The molecule has 0 unspecified atom stereocenters. The van der Waals surface area contributed by atoms with Gasteiger partial charge in [0.05, 0.1) is 12.8 Å². The lowest BCUT2D eigenvalue weighted by Gasteiger charge is -2.17. The van der Waals surface area contributed by atoms with Crippen molar-refractivity contribution < 1.29 is 28.7 Å². The maximum Gasteiger partial charge on any atom is 0.378 e. The van der Waals surface area contributed by atoms with Crippen LogP contribution in [-0.2, 0) is 28.7 Å². The van der Waals surface area contributed by atoms with Crippen molar-refractivity contribution in [2.75, 3.05) is 33.2 Å². The molecule has 0 saturated carbocycles. The average Bonchev–Trinajstić information content (AvgIpc) is 2.66. The number of rotatable bonds is 14. The molecule has 0 aliphatic rings. The molecule has 10 nitrogen and oxygen atoms in total. The molecule has 0 aromatic rings. The summed E-state index contributed by atoms with van der Waals surface area (Å²) in [4.78, 5) is 51.3. The molecule has 0 fully saturated rings. The monoisotopic (exact) mass is 394 g/mol. The summed E-state index contributed by atoms with van der Waals surface area (Å²) in [6.07, 6.45) is 1.09. The summed E-state index contributed by atoms with van der Waals surface area (Å²) >= 11 is 0. The molecule has 2 amide bonds. The van der Waals surface area contributed by atoms with Crippen LogP contribution in [0.1, 0.15) is 25.7 Å². The van der Waals surface area contributed by atoms with Gasteiger partial charge in [0.1, 0.15) is 0 Å². The van der Waals surface area contributed by atoms with Crippen LogP contribution < -0.4 is 16.5 Å². The molecule has 0 aromatic heterocycles. The summed E-state index contributed by atoms with van der Waals surface area (Å²) in [6, 6.07) is 0. The zero-order chi connectivity index (χ0) is 21.5. The SMILES string of the molecule is [B]OC(=O)C(=C)CC(=O)NCCCN(C)CCCNC(=O)CC(=C)C(=O)ON. The highest BCUT2D eigenvalue weighted by Crippen LogP contribution is 2.00. The van der Waals surface area contributed by atoms with E-state index in [-0.39, 0.29) is 35.8 Å². The van der Waals surface area contributed by atoms with Gasteiger partial charge in [-0.1, -0.05) is 13.2 Å². The standard InChI is InChI=1S/C17H27BN4O6/c1-12(16(25)27-18)10-14(23)20-6-4-8-22(3)9-5-7-21-15(24)11-13(2)17(26)28-19/h1-2,4-11,19H2,3H3,(H,20,23)(H,21,24). The summed E-state index contributed by atoms with van der Waals surface area (Å²) < 4.78 is 3.98. The molecule has 4 N–H and O–H groups in total. The first-order valence-corrected chi connectivity index (χ1v) is 8.60. The Bertz CT molecular complexity index is 546. The average molecular weight is 394 g/mol. The predicted octanol–water partition coefficient (Wildman–Crippen LogP) is -1.13. The molecular weight excluding hydrogens is 367 g/mol. The van der Waals surface area contributed by atoms with Crippen molar-refractivity contribution in [2.45, 2.75) is 25.7 Å². The molecule has 0 bridgehead atoms. The van der Waals surface area contributed by atoms with Crippen LogP contribution in [0.3, 0.4) is 0 Å². The Labute approximate surface area is 165 Å². The van der Waals surface area contributed by atoms with Crippen molar-refractivity contribution in [3.05, 3.63) is 24.3 Å². The predicted molar refractivity (Wildman–Crippen MR) is 102 cm³/mol. The lowest BCUT2D eigenvalue weighted by Crippen LogP contribution is -2.31. The Kier molecular flexibility index (Phi) is 13.0. The van der Waals surface area contributed by atoms with Crippen molar-refractivity contribution in [1.82, 2.24) is 15.5 Å². The molecule has 0 saturated heterocycles. The van der Waals surface area contributed by atoms with E-state index in [9.17, 15) is 19.2 Å². The molecule has 0 heterocycles. The summed E-state index contributed by atoms with van der Waals surface area (Å²) in [7, 11) is 6.63. The van der Waals surface area contributed by atoms with E-state index in [0.717, 1.165) is 13.1 Å². The van der Waals surface area contributed by atoms with Crippen LogP contribution in [0.2, 0.25) is 0 Å². The molecule has 28 heavy (non-hydrogen) atoms. The normalized spacial score (nSPS) is 10.1. The maximum atomic E-state index is 11.6. The Morgan fingerprint density at radius 2 is 1.36 bits per heavy atom. The number of nitrogens with two attached hydrogens (primary N) is 1. The molecule has 0 atom stereocenters. The Balaban J connectivity index is 3.76. The van der Waals surface area contributed by atoms with Gasteiger partial charge in [0, 0.05) is 24.2 Å². The van der Waals surface area contributed by atoms with E-state index in [1.165, 1.54) is 0 Å². The third-order valence-electron chi connectivity index (χ3n) is 3.62. The van der Waals surface area contributed by atoms with Gasteiger partial charge in [-0.15, -0.1) is 0 Å². The van der Waals surface area contributed by atoms with Crippen molar-refractivity contribution >= 4 is 31.8 Å². The van der Waals surface area contributed by atoms with Crippen LogP contribution in [0.15, 0.2) is 24.3 Å². The van der Waals surface area contributed by atoms with Gasteiger partial charge in [0.2, 0.25) is 11.8 Å². The van der Waals surface area contributed by atoms with Gasteiger partial charge in [-0.2, -0.15) is 5.90 Å². The smallest absolute Gasteiger partial charge is 0.378 e. The molecular formula is C17H27BN4O6. The number of nitrogens with one attached hydrogen (secondary N) is 2. The summed E-state index contributed by atoms with van der Waals surface area (Å²) in [5.74, 6) is 2.42. The third-order valence-corrected chi connectivity index (χ3v) is 3.62. The van der Waals surface area contributed by atoms with Crippen LogP contribution in [0.25, 0.3) is 0 Å². The molecule has 2 radical (unpaired) electrons. The Morgan fingerprint density at radius 3 is 1.75 bits per heavy atom. The molecule has 0 aromatic carbocycles. The largest absolute Gasteiger partial charge is 0.540 e. The lowest BCUT2D eigenvalue weighted by atomic mass is 10.2. The number of amides is 2. The van der Waals surface area contributed by atoms with Gasteiger partial charge < -0.3 is 25.0 Å². The number of nitrogens with zero attached hydrogens (tertiary/aromatic N) is 1. The van der Waals surface area contributed by atoms with Crippen molar-refractivity contribution in [3.63, 3.8) is 0 Å².